The number of aliphatic hydroxyl groups is 1. The third kappa shape index (κ3) is 15.9. The molecule has 188 valence electrons. The van der Waals surface area contributed by atoms with Crippen LogP contribution in [-0.2, 0) is 43.0 Å². The van der Waals surface area contributed by atoms with Crippen molar-refractivity contribution < 1.29 is 48.1 Å². The minimum absolute atomic E-state index is 0.0636. The summed E-state index contributed by atoms with van der Waals surface area (Å²) in [6, 6.07) is 0. The molecule has 0 heterocycles. The number of hydrogen-bond acceptors (Lipinski definition) is 16. The normalized spacial score (nSPS) is 10.9. The second kappa shape index (κ2) is 18.8. The number of aliphatic hydroxyl groups excluding tert-OH is 1. The van der Waals surface area contributed by atoms with Gasteiger partial charge in [0.2, 0.25) is 0 Å². The maximum absolute atomic E-state index is 11.9. The van der Waals surface area contributed by atoms with Gasteiger partial charge in [0.05, 0.1) is 46.5 Å². The molecule has 0 fully saturated rings. The molecule has 16 heteroatoms. The van der Waals surface area contributed by atoms with E-state index in [2.05, 4.69) is 37.9 Å². The molecule has 10 nitrogen and oxygen atoms in total. The van der Waals surface area contributed by atoms with Gasteiger partial charge in [-0.25, -0.2) is 0 Å². The highest BCUT2D eigenvalue weighted by Gasteiger charge is 2.35. The predicted octanol–water partition coefficient (Wildman–Crippen LogP) is 0.163. The molecular formula is C17H24O10S6. The first-order chi connectivity index (χ1) is 15.6. The van der Waals surface area contributed by atoms with E-state index in [4.69, 9.17) is 14.2 Å². The van der Waals surface area contributed by atoms with Crippen LogP contribution in [0.5, 0.6) is 0 Å². The van der Waals surface area contributed by atoms with Gasteiger partial charge in [-0.1, -0.05) is 35.3 Å². The van der Waals surface area contributed by atoms with Gasteiger partial charge in [-0.3, -0.25) is 28.8 Å². The van der Waals surface area contributed by atoms with Gasteiger partial charge in [0, 0.05) is 0 Å². The molecule has 0 amide bonds. The lowest BCUT2D eigenvalue weighted by Crippen LogP contribution is -2.43. The fourth-order valence-corrected chi connectivity index (χ4v) is 3.82. The van der Waals surface area contributed by atoms with Gasteiger partial charge in [0.15, 0.2) is 15.3 Å². The van der Waals surface area contributed by atoms with Gasteiger partial charge >= 0.3 is 17.9 Å². The van der Waals surface area contributed by atoms with Crippen LogP contribution in [0.2, 0.25) is 0 Å². The summed E-state index contributed by atoms with van der Waals surface area (Å²) in [7, 11) is 0. The maximum Gasteiger partial charge on any atom is 0.316 e. The van der Waals surface area contributed by atoms with Crippen molar-refractivity contribution in [3.63, 3.8) is 0 Å². The second-order valence-corrected chi connectivity index (χ2v) is 10.1. The number of rotatable bonds is 16. The summed E-state index contributed by atoms with van der Waals surface area (Å²) in [5, 5.41) is 8.88. The average molecular weight is 581 g/mol. The first-order valence-corrected chi connectivity index (χ1v) is 13.8. The number of thioether (sulfide) groups is 3. The predicted molar refractivity (Wildman–Crippen MR) is 136 cm³/mol. The van der Waals surface area contributed by atoms with Crippen molar-refractivity contribution in [2.75, 3.05) is 60.9 Å². The van der Waals surface area contributed by atoms with Crippen LogP contribution in [-0.4, -0.2) is 99.3 Å². The van der Waals surface area contributed by atoms with Crippen LogP contribution in [0.3, 0.4) is 0 Å². The summed E-state index contributed by atoms with van der Waals surface area (Å²) in [6.07, 6.45) is 0. The quantitative estimate of drug-likeness (QED) is 0.112. The van der Waals surface area contributed by atoms with Crippen molar-refractivity contribution in [3.05, 3.63) is 0 Å². The van der Waals surface area contributed by atoms with Gasteiger partial charge in [-0.15, -0.1) is 0 Å². The smallest absolute Gasteiger partial charge is 0.316 e. The molecular weight excluding hydrogens is 557 g/mol. The Morgan fingerprint density at radius 1 is 0.606 bits per heavy atom. The molecule has 0 atom stereocenters. The van der Waals surface area contributed by atoms with Crippen molar-refractivity contribution in [2.45, 2.75) is 0 Å². The zero-order valence-electron chi connectivity index (χ0n) is 17.3. The van der Waals surface area contributed by atoms with Crippen molar-refractivity contribution in [3.8, 4) is 0 Å². The van der Waals surface area contributed by atoms with Gasteiger partial charge in [0.1, 0.15) is 19.8 Å². The van der Waals surface area contributed by atoms with E-state index in [1.54, 1.807) is 0 Å². The number of ether oxygens (including phenoxy) is 3. The third-order valence-electron chi connectivity index (χ3n) is 3.39. The van der Waals surface area contributed by atoms with Crippen molar-refractivity contribution in [1.29, 1.82) is 0 Å². The average Bonchev–Trinajstić information content (AvgIpc) is 2.83. The Morgan fingerprint density at radius 3 is 1.09 bits per heavy atom. The molecule has 33 heavy (non-hydrogen) atoms. The molecule has 0 aliphatic rings. The highest BCUT2D eigenvalue weighted by molar-refractivity contribution is 8.15. The summed E-state index contributed by atoms with van der Waals surface area (Å²) >= 11 is 13.5. The molecule has 0 unspecified atom stereocenters. The number of hydrogen-bond donors (Lipinski definition) is 4. The molecule has 0 saturated carbocycles. The van der Waals surface area contributed by atoms with Crippen LogP contribution in [0.1, 0.15) is 0 Å². The monoisotopic (exact) mass is 580 g/mol. The van der Waals surface area contributed by atoms with E-state index in [0.717, 1.165) is 0 Å². The minimum Gasteiger partial charge on any atom is -0.464 e. The Morgan fingerprint density at radius 2 is 0.879 bits per heavy atom. The van der Waals surface area contributed by atoms with E-state index in [-0.39, 0.29) is 49.9 Å². The maximum atomic E-state index is 11.9. The minimum atomic E-state index is -1.50. The highest BCUT2D eigenvalue weighted by Crippen LogP contribution is 2.21. The largest absolute Gasteiger partial charge is 0.464 e. The lowest BCUT2D eigenvalue weighted by atomic mass is 9.92. The molecule has 0 rings (SSSR count). The zero-order chi connectivity index (χ0) is 25.3. The molecule has 0 aromatic rings. The molecule has 1 N–H and O–H groups in total. The Labute approximate surface area is 220 Å². The van der Waals surface area contributed by atoms with E-state index in [9.17, 15) is 33.9 Å². The number of esters is 3. The SMILES string of the molecule is O=C(CSC(=O)CS)OCC(CO)(COC(=O)CSC(=O)CS)COC(=O)CSC(=O)CS. The van der Waals surface area contributed by atoms with E-state index >= 15 is 0 Å². The molecule has 0 aromatic carbocycles. The first-order valence-electron chi connectivity index (χ1n) is 8.98. The molecule has 0 spiro atoms. The summed E-state index contributed by atoms with van der Waals surface area (Å²) < 4.78 is 15.2. The first kappa shape index (κ1) is 32.5. The van der Waals surface area contributed by atoms with Crippen LogP contribution >= 0.6 is 73.2 Å². The summed E-state index contributed by atoms with van der Waals surface area (Å²) in [5.74, 6) is -3.44. The molecule has 0 saturated heterocycles. The molecule has 0 aliphatic carbocycles. The van der Waals surface area contributed by atoms with E-state index in [0.29, 0.717) is 35.3 Å². The Bertz CT molecular complexity index is 613. The van der Waals surface area contributed by atoms with Crippen LogP contribution in [0.25, 0.3) is 0 Å². The van der Waals surface area contributed by atoms with E-state index in [1.165, 1.54) is 0 Å². The van der Waals surface area contributed by atoms with Gasteiger partial charge in [0.25, 0.3) is 0 Å². The highest BCUT2D eigenvalue weighted by atomic mass is 32.2. The van der Waals surface area contributed by atoms with E-state index in [1.807, 2.05) is 0 Å². The number of carbonyl (C=O) groups excluding carboxylic acids is 6. The van der Waals surface area contributed by atoms with Crippen LogP contribution < -0.4 is 0 Å². The van der Waals surface area contributed by atoms with E-state index < -0.39 is 49.8 Å². The lowest BCUT2D eigenvalue weighted by Gasteiger charge is -2.30. The molecule has 0 radical (unpaired) electrons. The molecule has 0 bridgehead atoms. The fraction of sp³-hybridized carbons (Fsp3) is 0.647. The standard InChI is InChI=1S/C17H24O10S6/c18-7-17(8-25-11(19)4-31-14(22)1-28,9-26-12(20)5-32-15(23)2-29)10-27-13(21)6-33-16(24)3-30/h18,28-30H,1-10H2. The summed E-state index contributed by atoms with van der Waals surface area (Å²) in [6.45, 7) is -2.19. The topological polar surface area (TPSA) is 150 Å². The molecule has 0 aliphatic heterocycles. The number of carbonyl (C=O) groups is 6. The third-order valence-corrected chi connectivity index (χ3v) is 7.44. The van der Waals surface area contributed by atoms with Crippen molar-refractivity contribution in [2.24, 2.45) is 5.41 Å². The van der Waals surface area contributed by atoms with Crippen LogP contribution in [0, 0.1) is 5.41 Å². The van der Waals surface area contributed by atoms with Gasteiger partial charge in [-0.2, -0.15) is 37.9 Å². The zero-order valence-corrected chi connectivity index (χ0v) is 22.4. The van der Waals surface area contributed by atoms with Gasteiger partial charge in [-0.05, 0) is 0 Å². The summed E-state index contributed by atoms with van der Waals surface area (Å²) in [4.78, 5) is 69.5. The fourth-order valence-electron chi connectivity index (χ4n) is 1.64. The van der Waals surface area contributed by atoms with Crippen LogP contribution in [0.4, 0.5) is 0 Å². The Balaban J connectivity index is 5.03. The molecule has 0 aromatic heterocycles. The summed E-state index contributed by atoms with van der Waals surface area (Å²) in [5.41, 5.74) is -1.50. The second-order valence-electron chi connectivity index (χ2n) is 6.10. The Hall–Kier alpha value is -0.520. The Kier molecular flexibility index (Phi) is 18.5. The van der Waals surface area contributed by atoms with Crippen LogP contribution in [0.15, 0.2) is 0 Å². The van der Waals surface area contributed by atoms with Crippen molar-refractivity contribution >= 4 is 106 Å². The lowest BCUT2D eigenvalue weighted by molar-refractivity contribution is -0.162. The number of thiol groups is 3. The van der Waals surface area contributed by atoms with Crippen molar-refractivity contribution in [1.82, 2.24) is 0 Å². The van der Waals surface area contributed by atoms with Gasteiger partial charge < -0.3 is 19.3 Å².